The number of anilines is 1. The summed E-state index contributed by atoms with van der Waals surface area (Å²) < 4.78 is 5.84. The minimum atomic E-state index is -0.304. The van der Waals surface area contributed by atoms with Crippen LogP contribution in [-0.4, -0.2) is 46.9 Å². The fourth-order valence-electron chi connectivity index (χ4n) is 2.81. The molecule has 2 aromatic heterocycles. The highest BCUT2D eigenvalue weighted by Crippen LogP contribution is 2.25. The predicted molar refractivity (Wildman–Crippen MR) is 99.9 cm³/mol. The van der Waals surface area contributed by atoms with Crippen molar-refractivity contribution in [2.24, 2.45) is 0 Å². The van der Waals surface area contributed by atoms with Crippen molar-refractivity contribution < 1.29 is 14.3 Å². The van der Waals surface area contributed by atoms with Crippen molar-refractivity contribution in [1.29, 1.82) is 0 Å². The van der Waals surface area contributed by atoms with Gasteiger partial charge >= 0.3 is 0 Å². The zero-order chi connectivity index (χ0) is 18.7. The van der Waals surface area contributed by atoms with Crippen LogP contribution in [0.3, 0.4) is 0 Å². The molecule has 138 valence electrons. The number of nitrogens with one attached hydrogen (secondary N) is 1. The number of hydrogen-bond acceptors (Lipinski definition) is 6. The number of ether oxygens (including phenoxy) is 1. The van der Waals surface area contributed by atoms with E-state index in [4.69, 9.17) is 4.74 Å². The second-order valence-electron chi connectivity index (χ2n) is 6.49. The van der Waals surface area contributed by atoms with Gasteiger partial charge in [-0.15, -0.1) is 0 Å². The second kappa shape index (κ2) is 7.82. The van der Waals surface area contributed by atoms with Gasteiger partial charge in [-0.3, -0.25) is 14.9 Å². The highest BCUT2D eigenvalue weighted by Gasteiger charge is 2.20. The van der Waals surface area contributed by atoms with Gasteiger partial charge in [0.2, 0.25) is 5.88 Å². The normalized spacial score (nSPS) is 14.3. The molecule has 0 aromatic carbocycles. The van der Waals surface area contributed by atoms with Crippen LogP contribution in [0.1, 0.15) is 51.4 Å². The first-order valence-electron chi connectivity index (χ1n) is 8.57. The van der Waals surface area contributed by atoms with Crippen LogP contribution in [0.4, 0.5) is 5.13 Å². The smallest absolute Gasteiger partial charge is 0.265 e. The molecule has 1 aliphatic rings. The van der Waals surface area contributed by atoms with Crippen LogP contribution in [0.2, 0.25) is 0 Å². The lowest BCUT2D eigenvalue weighted by atomic mass is 10.2. The van der Waals surface area contributed by atoms with Gasteiger partial charge in [0.1, 0.15) is 11.0 Å². The van der Waals surface area contributed by atoms with Crippen LogP contribution in [-0.2, 0) is 0 Å². The van der Waals surface area contributed by atoms with Crippen LogP contribution in [0.5, 0.6) is 5.88 Å². The Morgan fingerprint density at radius 2 is 2.04 bits per heavy atom. The first-order chi connectivity index (χ1) is 12.4. The van der Waals surface area contributed by atoms with Crippen molar-refractivity contribution in [2.45, 2.75) is 38.7 Å². The number of aromatic nitrogens is 2. The van der Waals surface area contributed by atoms with E-state index >= 15 is 0 Å². The summed E-state index contributed by atoms with van der Waals surface area (Å²) in [6.07, 6.45) is 6.14. The Hall–Kier alpha value is -2.48. The summed E-state index contributed by atoms with van der Waals surface area (Å²) >= 11 is 1.17. The first kappa shape index (κ1) is 18.3. The van der Waals surface area contributed by atoms with Gasteiger partial charge in [0.25, 0.3) is 11.8 Å². The molecule has 2 heterocycles. The summed E-state index contributed by atoms with van der Waals surface area (Å²) in [6.45, 7) is 1.75. The highest BCUT2D eigenvalue weighted by atomic mass is 32.1. The van der Waals surface area contributed by atoms with Gasteiger partial charge in [-0.2, -0.15) is 0 Å². The maximum atomic E-state index is 12.5. The Bertz CT molecular complexity index is 813. The van der Waals surface area contributed by atoms with E-state index in [2.05, 4.69) is 15.3 Å². The number of nitrogens with zero attached hydrogens (tertiary/aromatic N) is 3. The lowest BCUT2D eigenvalue weighted by molar-refractivity contribution is 0.0831. The zero-order valence-electron chi connectivity index (χ0n) is 15.1. The molecule has 26 heavy (non-hydrogen) atoms. The molecular weight excluding hydrogens is 352 g/mol. The van der Waals surface area contributed by atoms with Gasteiger partial charge in [-0.25, -0.2) is 9.97 Å². The van der Waals surface area contributed by atoms with Crippen molar-refractivity contribution >= 4 is 28.3 Å². The number of hydrogen-bond donors (Lipinski definition) is 1. The highest BCUT2D eigenvalue weighted by molar-refractivity contribution is 7.17. The molecule has 0 radical (unpaired) electrons. The lowest BCUT2D eigenvalue weighted by Gasteiger charge is -2.12. The third kappa shape index (κ3) is 4.19. The van der Waals surface area contributed by atoms with Crippen molar-refractivity contribution in [3.8, 4) is 5.88 Å². The molecule has 0 saturated heterocycles. The van der Waals surface area contributed by atoms with Crippen LogP contribution in [0, 0.1) is 6.92 Å². The zero-order valence-corrected chi connectivity index (χ0v) is 15.9. The molecule has 1 aliphatic carbocycles. The molecule has 1 saturated carbocycles. The number of pyridine rings is 1. The first-order valence-corrected chi connectivity index (χ1v) is 9.39. The van der Waals surface area contributed by atoms with Gasteiger partial charge in [0.15, 0.2) is 5.13 Å². The minimum absolute atomic E-state index is 0.128. The fourth-order valence-corrected chi connectivity index (χ4v) is 3.80. The van der Waals surface area contributed by atoms with Crippen LogP contribution in [0.25, 0.3) is 0 Å². The van der Waals surface area contributed by atoms with E-state index in [-0.39, 0.29) is 17.9 Å². The molecular formula is C18H22N4O3S. The molecule has 0 atom stereocenters. The quantitative estimate of drug-likeness (QED) is 0.869. The Morgan fingerprint density at radius 3 is 2.73 bits per heavy atom. The molecule has 3 rings (SSSR count). The molecule has 8 heteroatoms. The molecule has 0 bridgehead atoms. The molecule has 2 amide bonds. The summed E-state index contributed by atoms with van der Waals surface area (Å²) in [6, 6.07) is 3.27. The lowest BCUT2D eigenvalue weighted by Crippen LogP contribution is -2.21. The van der Waals surface area contributed by atoms with Gasteiger partial charge < -0.3 is 9.64 Å². The number of aryl methyl sites for hydroxylation is 1. The summed E-state index contributed by atoms with van der Waals surface area (Å²) in [5, 5.41) is 3.14. The Balaban J connectivity index is 1.70. The number of rotatable bonds is 5. The monoisotopic (exact) mass is 374 g/mol. The summed E-state index contributed by atoms with van der Waals surface area (Å²) in [7, 11) is 3.37. The van der Waals surface area contributed by atoms with Crippen molar-refractivity contribution in [3.05, 3.63) is 34.5 Å². The van der Waals surface area contributed by atoms with E-state index in [9.17, 15) is 9.59 Å². The summed E-state index contributed by atoms with van der Waals surface area (Å²) in [5.74, 6) is 0.0290. The maximum Gasteiger partial charge on any atom is 0.265 e. The number of carbonyl (C=O) groups excluding carboxylic acids is 2. The molecule has 0 unspecified atom stereocenters. The van der Waals surface area contributed by atoms with E-state index in [1.807, 2.05) is 0 Å². The largest absolute Gasteiger partial charge is 0.474 e. The van der Waals surface area contributed by atoms with Gasteiger partial charge in [-0.1, -0.05) is 11.3 Å². The van der Waals surface area contributed by atoms with Gasteiger partial charge in [0, 0.05) is 31.9 Å². The van der Waals surface area contributed by atoms with E-state index in [1.54, 1.807) is 39.3 Å². The van der Waals surface area contributed by atoms with E-state index in [1.165, 1.54) is 29.1 Å². The molecule has 7 nitrogen and oxygen atoms in total. The topological polar surface area (TPSA) is 84.4 Å². The summed E-state index contributed by atoms with van der Waals surface area (Å²) in [4.78, 5) is 35.1. The number of thiazole rings is 1. The predicted octanol–water partition coefficient (Wildman–Crippen LogP) is 3.12. The molecule has 2 aromatic rings. The molecule has 0 spiro atoms. The third-order valence-electron chi connectivity index (χ3n) is 4.20. The number of carbonyl (C=O) groups is 2. The van der Waals surface area contributed by atoms with Crippen LogP contribution >= 0.6 is 11.3 Å². The van der Waals surface area contributed by atoms with Crippen LogP contribution in [0.15, 0.2) is 18.3 Å². The number of amides is 2. The second-order valence-corrected chi connectivity index (χ2v) is 7.49. The standard InChI is InChI=1S/C18H22N4O3S/c1-11-15(17(24)22(2)3)26-18(20-11)21-16(23)12-8-9-19-14(10-12)25-13-6-4-5-7-13/h8-10,13H,4-7H2,1-3H3,(H,20,21,23). The van der Waals surface area contributed by atoms with Crippen LogP contribution < -0.4 is 10.1 Å². The summed E-state index contributed by atoms with van der Waals surface area (Å²) in [5.41, 5.74) is 1.05. The molecule has 1 N–H and O–H groups in total. The fraction of sp³-hybridized carbons (Fsp3) is 0.444. The minimum Gasteiger partial charge on any atom is -0.474 e. The van der Waals surface area contributed by atoms with Crippen molar-refractivity contribution in [1.82, 2.24) is 14.9 Å². The van der Waals surface area contributed by atoms with E-state index in [0.717, 1.165) is 12.8 Å². The Kier molecular flexibility index (Phi) is 5.51. The molecule has 1 fully saturated rings. The van der Waals surface area contributed by atoms with Gasteiger partial charge in [0.05, 0.1) is 5.69 Å². The average molecular weight is 374 g/mol. The third-order valence-corrected chi connectivity index (χ3v) is 5.26. The maximum absolute atomic E-state index is 12.5. The van der Waals surface area contributed by atoms with Crippen molar-refractivity contribution in [3.63, 3.8) is 0 Å². The van der Waals surface area contributed by atoms with Crippen molar-refractivity contribution in [2.75, 3.05) is 19.4 Å². The Morgan fingerprint density at radius 1 is 1.31 bits per heavy atom. The molecule has 0 aliphatic heterocycles. The SMILES string of the molecule is Cc1nc(NC(=O)c2ccnc(OC3CCCC3)c2)sc1C(=O)N(C)C. The van der Waals surface area contributed by atoms with Gasteiger partial charge in [-0.05, 0) is 38.7 Å². The van der Waals surface area contributed by atoms with E-state index < -0.39 is 0 Å². The van der Waals surface area contributed by atoms with E-state index in [0.29, 0.717) is 27.1 Å². The Labute approximate surface area is 156 Å². The average Bonchev–Trinajstić information content (AvgIpc) is 3.24.